The highest BCUT2D eigenvalue weighted by Gasteiger charge is 2.29. The molecule has 13 heteroatoms. The van der Waals surface area contributed by atoms with Crippen molar-refractivity contribution >= 4 is 56.9 Å². The molecule has 1 saturated carbocycles. The first-order valence-electron chi connectivity index (χ1n) is 14.6. The van der Waals surface area contributed by atoms with Crippen LogP contribution >= 0.6 is 21.6 Å². The van der Waals surface area contributed by atoms with Gasteiger partial charge >= 0.3 is 11.9 Å². The lowest BCUT2D eigenvalue weighted by molar-refractivity contribution is -0.151. The van der Waals surface area contributed by atoms with Gasteiger partial charge in [0.25, 0.3) is 5.91 Å². The monoisotopic (exact) mass is 634 g/mol. The van der Waals surface area contributed by atoms with Crippen molar-refractivity contribution in [3.63, 3.8) is 0 Å². The Kier molecular flexibility index (Phi) is 13.8. The van der Waals surface area contributed by atoms with E-state index in [1.165, 1.54) is 4.90 Å². The number of allylic oxidation sites excluding steroid dienone is 1. The zero-order valence-corrected chi connectivity index (χ0v) is 27.2. The van der Waals surface area contributed by atoms with Gasteiger partial charge in [0.1, 0.15) is 17.1 Å². The summed E-state index contributed by atoms with van der Waals surface area (Å²) in [5.41, 5.74) is 2.50. The van der Waals surface area contributed by atoms with E-state index in [9.17, 15) is 19.2 Å². The number of nitrogens with zero attached hydrogens (tertiary/aromatic N) is 4. The number of hydrogen-bond acceptors (Lipinski definition) is 11. The van der Waals surface area contributed by atoms with Gasteiger partial charge in [-0.3, -0.25) is 19.2 Å². The van der Waals surface area contributed by atoms with Crippen LogP contribution < -0.4 is 0 Å². The first-order valence-corrected chi connectivity index (χ1v) is 16.9. The molecule has 11 nitrogen and oxygen atoms in total. The van der Waals surface area contributed by atoms with Crippen LogP contribution in [0.5, 0.6) is 0 Å². The Morgan fingerprint density at radius 1 is 1.05 bits per heavy atom. The number of amides is 2. The molecule has 0 spiro atoms. The third-order valence-electron chi connectivity index (χ3n) is 7.32. The van der Waals surface area contributed by atoms with Gasteiger partial charge in [-0.1, -0.05) is 35.4 Å². The van der Waals surface area contributed by atoms with Crippen molar-refractivity contribution in [3.8, 4) is 0 Å². The molecule has 1 fully saturated rings. The third kappa shape index (κ3) is 10.9. The minimum Gasteiger partial charge on any atom is -0.465 e. The van der Waals surface area contributed by atoms with Crippen LogP contribution in [-0.4, -0.2) is 83.0 Å². The molecule has 0 saturated heterocycles. The summed E-state index contributed by atoms with van der Waals surface area (Å²) >= 11 is 0. The van der Waals surface area contributed by atoms with Gasteiger partial charge < -0.3 is 19.3 Å². The van der Waals surface area contributed by atoms with E-state index in [0.717, 1.165) is 35.6 Å². The largest absolute Gasteiger partial charge is 0.465 e. The lowest BCUT2D eigenvalue weighted by Crippen LogP contribution is -2.41. The van der Waals surface area contributed by atoms with Crippen molar-refractivity contribution in [2.24, 2.45) is 5.92 Å². The van der Waals surface area contributed by atoms with Crippen LogP contribution in [0.25, 0.3) is 11.0 Å². The van der Waals surface area contributed by atoms with Crippen LogP contribution in [0.4, 0.5) is 0 Å². The van der Waals surface area contributed by atoms with Gasteiger partial charge in [-0.15, -0.1) is 0 Å². The predicted molar refractivity (Wildman–Crippen MR) is 167 cm³/mol. The van der Waals surface area contributed by atoms with Crippen molar-refractivity contribution in [2.75, 3.05) is 26.5 Å². The minimum absolute atomic E-state index is 0.0496. The normalized spacial score (nSPS) is 17.3. The molecule has 1 aliphatic rings. The highest BCUT2D eigenvalue weighted by Crippen LogP contribution is 2.36. The van der Waals surface area contributed by atoms with Crippen LogP contribution in [0.15, 0.2) is 33.4 Å². The molecule has 0 atom stereocenters. The summed E-state index contributed by atoms with van der Waals surface area (Å²) in [4.78, 5) is 53.1. The fraction of sp³-hybridized carbons (Fsp3) is 0.600. The van der Waals surface area contributed by atoms with Crippen LogP contribution in [0, 0.1) is 5.92 Å². The number of hydrogen-bond donors (Lipinski definition) is 0. The lowest BCUT2D eigenvalue weighted by atomic mass is 9.91. The van der Waals surface area contributed by atoms with Crippen molar-refractivity contribution in [2.45, 2.75) is 84.3 Å². The second-order valence-corrected chi connectivity index (χ2v) is 13.6. The Hall–Kier alpha value is -3.06. The van der Waals surface area contributed by atoms with Gasteiger partial charge in [-0.2, -0.15) is 0 Å². The highest BCUT2D eigenvalue weighted by molar-refractivity contribution is 8.78. The van der Waals surface area contributed by atoms with E-state index in [0.29, 0.717) is 48.2 Å². The Balaban J connectivity index is 1.33. The van der Waals surface area contributed by atoms with Gasteiger partial charge in [-0.25, -0.2) is 4.63 Å². The summed E-state index contributed by atoms with van der Waals surface area (Å²) in [7, 11) is 6.82. The molecule has 0 radical (unpaired) electrons. The Bertz CT molecular complexity index is 1270. The number of fused-ring (bicyclic) bond motifs is 1. The average Bonchev–Trinajstić information content (AvgIpc) is 3.47. The third-order valence-corrected chi connectivity index (χ3v) is 10.3. The molecule has 43 heavy (non-hydrogen) atoms. The number of carbonyl (C=O) groups excluding carboxylic acids is 4. The van der Waals surface area contributed by atoms with E-state index >= 15 is 0 Å². The molecule has 236 valence electrons. The zero-order chi connectivity index (χ0) is 31.4. The van der Waals surface area contributed by atoms with E-state index in [2.05, 4.69) is 24.2 Å². The standard InChI is InChI=1S/C30H42N4O7S2/c1-20(2)18-42-43-27(21(3)33(4)19-35)15-16-39-28(36)7-6-8-29(37)40-24-12-10-23(11-13-24)34(5)30(38)22-9-14-25-26(17-22)32-41-31-25/h9,14,17,19-20,23-24H,6-8,10-13,15-16,18H2,1-5H3/b27-21-. The molecule has 1 heterocycles. The van der Waals surface area contributed by atoms with Gasteiger partial charge in [0.05, 0.1) is 6.61 Å². The summed E-state index contributed by atoms with van der Waals surface area (Å²) in [6.45, 7) is 6.39. The van der Waals surface area contributed by atoms with E-state index in [4.69, 9.17) is 14.1 Å². The van der Waals surface area contributed by atoms with Crippen LogP contribution in [0.2, 0.25) is 0 Å². The zero-order valence-electron chi connectivity index (χ0n) is 25.6. The van der Waals surface area contributed by atoms with E-state index < -0.39 is 0 Å². The average molecular weight is 635 g/mol. The highest BCUT2D eigenvalue weighted by atomic mass is 33.1. The Labute approximate surface area is 260 Å². The molecule has 0 aliphatic heterocycles. The predicted octanol–water partition coefficient (Wildman–Crippen LogP) is 5.61. The van der Waals surface area contributed by atoms with Gasteiger partial charge in [0.2, 0.25) is 6.41 Å². The molecular weight excluding hydrogens is 592 g/mol. The molecule has 2 amide bonds. The lowest BCUT2D eigenvalue weighted by Gasteiger charge is -2.34. The smallest absolute Gasteiger partial charge is 0.306 e. The number of esters is 2. The molecule has 1 aromatic carbocycles. The quantitative estimate of drug-likeness (QED) is 0.130. The van der Waals surface area contributed by atoms with Crippen LogP contribution in [0.3, 0.4) is 0 Å². The second-order valence-electron chi connectivity index (χ2n) is 11.1. The van der Waals surface area contributed by atoms with Crippen molar-refractivity contribution < 1.29 is 33.3 Å². The Morgan fingerprint density at radius 2 is 1.74 bits per heavy atom. The summed E-state index contributed by atoms with van der Waals surface area (Å²) in [5, 5.41) is 7.57. The number of ether oxygens (including phenoxy) is 2. The van der Waals surface area contributed by atoms with Crippen molar-refractivity contribution in [3.05, 3.63) is 34.4 Å². The van der Waals surface area contributed by atoms with E-state index in [-0.39, 0.29) is 49.4 Å². The maximum atomic E-state index is 13.0. The van der Waals surface area contributed by atoms with E-state index in [1.807, 2.05) is 6.92 Å². The molecule has 0 bridgehead atoms. The number of benzene rings is 1. The maximum absolute atomic E-state index is 13.0. The van der Waals surface area contributed by atoms with Gasteiger partial charge in [0.15, 0.2) is 0 Å². The Morgan fingerprint density at radius 3 is 2.44 bits per heavy atom. The summed E-state index contributed by atoms with van der Waals surface area (Å²) < 4.78 is 15.8. The van der Waals surface area contributed by atoms with E-state index in [1.54, 1.807) is 58.8 Å². The van der Waals surface area contributed by atoms with Crippen molar-refractivity contribution in [1.82, 2.24) is 20.1 Å². The van der Waals surface area contributed by atoms with Gasteiger partial charge in [0, 0.05) is 61.3 Å². The maximum Gasteiger partial charge on any atom is 0.306 e. The molecule has 2 aromatic rings. The number of carbonyl (C=O) groups is 4. The number of rotatable bonds is 16. The summed E-state index contributed by atoms with van der Waals surface area (Å²) in [6.07, 6.45) is 4.51. The first kappa shape index (κ1) is 34.4. The van der Waals surface area contributed by atoms with Crippen LogP contribution in [0.1, 0.15) is 82.5 Å². The van der Waals surface area contributed by atoms with Crippen LogP contribution in [-0.2, 0) is 23.9 Å². The minimum atomic E-state index is -0.361. The SMILES string of the molecule is C/C(=C(\CCOC(=O)CCCC(=O)OC1CCC(N(C)C(=O)c2ccc3nonc3c2)CC1)SSCC(C)C)N(C)C=O. The molecule has 1 aromatic heterocycles. The summed E-state index contributed by atoms with van der Waals surface area (Å²) in [5.74, 6) is 0.732. The first-order chi connectivity index (χ1) is 20.6. The second kappa shape index (κ2) is 17.3. The summed E-state index contributed by atoms with van der Waals surface area (Å²) in [6, 6.07) is 5.15. The van der Waals surface area contributed by atoms with Gasteiger partial charge in [-0.05, 0) is 73.5 Å². The number of aromatic nitrogens is 2. The molecule has 0 unspecified atom stereocenters. The molecule has 0 N–H and O–H groups in total. The molecule has 3 rings (SSSR count). The van der Waals surface area contributed by atoms with Crippen molar-refractivity contribution in [1.29, 1.82) is 0 Å². The molecular formula is C30H42N4O7S2. The molecule has 1 aliphatic carbocycles. The fourth-order valence-electron chi connectivity index (χ4n) is 4.59. The topological polar surface area (TPSA) is 132 Å². The fourth-order valence-corrected chi connectivity index (χ4v) is 7.56.